The molecule has 1 aromatic rings. The van der Waals surface area contributed by atoms with E-state index in [2.05, 4.69) is 20.8 Å². The molecule has 0 radical (unpaired) electrons. The van der Waals surface area contributed by atoms with Crippen LogP contribution in [-0.2, 0) is 0 Å². The van der Waals surface area contributed by atoms with Crippen molar-refractivity contribution in [3.63, 3.8) is 0 Å². The molecule has 0 bridgehead atoms. The molecule has 3 nitrogen and oxygen atoms in total. The van der Waals surface area contributed by atoms with Gasteiger partial charge < -0.3 is 15.2 Å². The molecular weight excluding hydrogens is 238 g/mol. The lowest BCUT2D eigenvalue weighted by Crippen LogP contribution is -2.26. The quantitative estimate of drug-likeness (QED) is 0.907. The van der Waals surface area contributed by atoms with Gasteiger partial charge in [-0.15, -0.1) is 12.4 Å². The molecule has 0 saturated carbocycles. The molecule has 0 aliphatic heterocycles. The molecule has 17 heavy (non-hydrogen) atoms. The molecule has 1 atom stereocenters. The fourth-order valence-corrected chi connectivity index (χ4v) is 1.54. The number of nitrogens with two attached hydrogens (primary N) is 1. The molecule has 0 aliphatic carbocycles. The molecule has 4 heteroatoms. The maximum absolute atomic E-state index is 6.22. The minimum absolute atomic E-state index is 0. The molecule has 0 fully saturated rings. The second kappa shape index (κ2) is 6.12. The van der Waals surface area contributed by atoms with Gasteiger partial charge in [-0.1, -0.05) is 26.8 Å². The lowest BCUT2D eigenvalue weighted by molar-refractivity contribution is 0.313. The van der Waals surface area contributed by atoms with Gasteiger partial charge in [-0.2, -0.15) is 0 Å². The predicted octanol–water partition coefficient (Wildman–Crippen LogP) is 3.17. The van der Waals surface area contributed by atoms with Gasteiger partial charge in [-0.3, -0.25) is 0 Å². The number of hydrogen-bond donors (Lipinski definition) is 1. The van der Waals surface area contributed by atoms with Crippen LogP contribution in [0.3, 0.4) is 0 Å². The monoisotopic (exact) mass is 259 g/mol. The zero-order valence-electron chi connectivity index (χ0n) is 11.1. The average molecular weight is 260 g/mol. The molecule has 0 aromatic heterocycles. The maximum atomic E-state index is 6.22. The van der Waals surface area contributed by atoms with Crippen molar-refractivity contribution in [2.24, 2.45) is 11.1 Å². The maximum Gasteiger partial charge on any atom is 0.127 e. The molecule has 0 heterocycles. The molecule has 0 unspecified atom stereocenters. The number of rotatable bonds is 3. The van der Waals surface area contributed by atoms with Crippen molar-refractivity contribution in [3.05, 3.63) is 23.8 Å². The first-order valence-electron chi connectivity index (χ1n) is 5.37. The Morgan fingerprint density at radius 3 is 2.12 bits per heavy atom. The number of hydrogen-bond acceptors (Lipinski definition) is 3. The molecule has 0 spiro atoms. The van der Waals surface area contributed by atoms with Crippen LogP contribution in [0.1, 0.15) is 32.4 Å². The summed E-state index contributed by atoms with van der Waals surface area (Å²) in [6.45, 7) is 6.34. The highest BCUT2D eigenvalue weighted by atomic mass is 35.5. The fourth-order valence-electron chi connectivity index (χ4n) is 1.54. The number of benzene rings is 1. The van der Waals surface area contributed by atoms with Gasteiger partial charge in [0.15, 0.2) is 0 Å². The van der Waals surface area contributed by atoms with E-state index >= 15 is 0 Å². The summed E-state index contributed by atoms with van der Waals surface area (Å²) in [6.07, 6.45) is 0. The largest absolute Gasteiger partial charge is 0.497 e. The first-order chi connectivity index (χ1) is 7.40. The van der Waals surface area contributed by atoms with Crippen molar-refractivity contribution in [1.29, 1.82) is 0 Å². The van der Waals surface area contributed by atoms with E-state index < -0.39 is 0 Å². The van der Waals surface area contributed by atoms with E-state index in [1.54, 1.807) is 14.2 Å². The van der Waals surface area contributed by atoms with E-state index in [9.17, 15) is 0 Å². The Bertz CT molecular complexity index is 361. The van der Waals surface area contributed by atoms with Crippen molar-refractivity contribution in [1.82, 2.24) is 0 Å². The van der Waals surface area contributed by atoms with Gasteiger partial charge >= 0.3 is 0 Å². The summed E-state index contributed by atoms with van der Waals surface area (Å²) >= 11 is 0. The Morgan fingerprint density at radius 1 is 1.12 bits per heavy atom. The summed E-state index contributed by atoms with van der Waals surface area (Å²) in [5.41, 5.74) is 7.23. The molecule has 1 rings (SSSR count). The van der Waals surface area contributed by atoms with E-state index in [0.29, 0.717) is 0 Å². The Hall–Kier alpha value is -0.930. The van der Waals surface area contributed by atoms with E-state index in [1.165, 1.54) is 0 Å². The van der Waals surface area contributed by atoms with E-state index in [0.717, 1.165) is 17.1 Å². The van der Waals surface area contributed by atoms with Crippen LogP contribution < -0.4 is 15.2 Å². The Morgan fingerprint density at radius 2 is 1.71 bits per heavy atom. The first-order valence-corrected chi connectivity index (χ1v) is 5.37. The smallest absolute Gasteiger partial charge is 0.127 e. The molecule has 0 aliphatic rings. The van der Waals surface area contributed by atoms with E-state index in [-0.39, 0.29) is 23.9 Å². The molecule has 2 N–H and O–H groups in total. The van der Waals surface area contributed by atoms with Crippen LogP contribution in [0.15, 0.2) is 18.2 Å². The third kappa shape index (κ3) is 3.79. The molecule has 0 amide bonds. The van der Waals surface area contributed by atoms with Crippen LogP contribution in [0, 0.1) is 5.41 Å². The third-order valence-electron chi connectivity index (χ3n) is 2.71. The van der Waals surface area contributed by atoms with Crippen LogP contribution >= 0.6 is 12.4 Å². The Kier molecular flexibility index (Phi) is 5.79. The van der Waals surface area contributed by atoms with Crippen molar-refractivity contribution in [2.45, 2.75) is 26.8 Å². The highest BCUT2D eigenvalue weighted by Crippen LogP contribution is 2.37. The zero-order valence-corrected chi connectivity index (χ0v) is 11.9. The van der Waals surface area contributed by atoms with Gasteiger partial charge in [0.05, 0.1) is 14.2 Å². The summed E-state index contributed by atoms with van der Waals surface area (Å²) in [7, 11) is 3.28. The van der Waals surface area contributed by atoms with Gasteiger partial charge in [0.1, 0.15) is 11.5 Å². The molecular formula is C13H22ClNO2. The van der Waals surface area contributed by atoms with Gasteiger partial charge in [0.2, 0.25) is 0 Å². The summed E-state index contributed by atoms with van der Waals surface area (Å²) in [6, 6.07) is 5.67. The lowest BCUT2D eigenvalue weighted by atomic mass is 9.83. The van der Waals surface area contributed by atoms with Crippen molar-refractivity contribution < 1.29 is 9.47 Å². The molecule has 1 aromatic carbocycles. The standard InChI is InChI=1S/C13H21NO2.ClH/c1-13(2,3)12(14)10-7-6-9(15-4)8-11(10)16-5;/h6-8,12H,14H2,1-5H3;1H/t12-;/m0./s1. The Balaban J connectivity index is 0.00000256. The van der Waals surface area contributed by atoms with E-state index in [4.69, 9.17) is 15.2 Å². The topological polar surface area (TPSA) is 44.5 Å². The van der Waals surface area contributed by atoms with Gasteiger partial charge in [-0.05, 0) is 11.5 Å². The molecule has 0 saturated heterocycles. The second-order valence-corrected chi connectivity index (χ2v) is 4.95. The second-order valence-electron chi connectivity index (χ2n) is 4.95. The van der Waals surface area contributed by atoms with Crippen LogP contribution in [0.4, 0.5) is 0 Å². The van der Waals surface area contributed by atoms with Crippen molar-refractivity contribution in [2.75, 3.05) is 14.2 Å². The minimum atomic E-state index is -0.0617. The number of methoxy groups -OCH3 is 2. The average Bonchev–Trinajstić information content (AvgIpc) is 2.26. The van der Waals surface area contributed by atoms with Crippen molar-refractivity contribution >= 4 is 12.4 Å². The highest BCUT2D eigenvalue weighted by Gasteiger charge is 2.25. The molecule has 98 valence electrons. The van der Waals surface area contributed by atoms with Gasteiger partial charge in [0, 0.05) is 17.7 Å². The van der Waals surface area contributed by atoms with Crippen LogP contribution in [-0.4, -0.2) is 14.2 Å². The minimum Gasteiger partial charge on any atom is -0.497 e. The van der Waals surface area contributed by atoms with Crippen LogP contribution in [0.2, 0.25) is 0 Å². The summed E-state index contributed by atoms with van der Waals surface area (Å²) in [4.78, 5) is 0. The van der Waals surface area contributed by atoms with Crippen LogP contribution in [0.25, 0.3) is 0 Å². The number of ether oxygens (including phenoxy) is 2. The van der Waals surface area contributed by atoms with Gasteiger partial charge in [0.25, 0.3) is 0 Å². The SMILES string of the molecule is COc1ccc([C@H](N)C(C)(C)C)c(OC)c1.Cl. The zero-order chi connectivity index (χ0) is 12.3. The van der Waals surface area contributed by atoms with Crippen LogP contribution in [0.5, 0.6) is 11.5 Å². The van der Waals surface area contributed by atoms with Crippen molar-refractivity contribution in [3.8, 4) is 11.5 Å². The fraction of sp³-hybridized carbons (Fsp3) is 0.538. The lowest BCUT2D eigenvalue weighted by Gasteiger charge is -2.28. The number of halogens is 1. The van der Waals surface area contributed by atoms with E-state index in [1.807, 2.05) is 18.2 Å². The highest BCUT2D eigenvalue weighted by molar-refractivity contribution is 5.85. The summed E-state index contributed by atoms with van der Waals surface area (Å²) in [5, 5.41) is 0. The summed E-state index contributed by atoms with van der Waals surface area (Å²) < 4.78 is 10.5. The normalized spacial score (nSPS) is 12.6. The van der Waals surface area contributed by atoms with Gasteiger partial charge in [-0.25, -0.2) is 0 Å². The Labute approximate surface area is 110 Å². The summed E-state index contributed by atoms with van der Waals surface area (Å²) in [5.74, 6) is 1.56. The third-order valence-corrected chi connectivity index (χ3v) is 2.71. The first kappa shape index (κ1) is 16.1. The predicted molar refractivity (Wildman–Crippen MR) is 73.2 cm³/mol.